The van der Waals surface area contributed by atoms with Crippen molar-refractivity contribution in [2.45, 2.75) is 37.5 Å². The first kappa shape index (κ1) is 20.2. The Morgan fingerprint density at radius 3 is 2.38 bits per heavy atom. The van der Waals surface area contributed by atoms with Crippen LogP contribution in [0.4, 0.5) is 5.69 Å². The van der Waals surface area contributed by atoms with Crippen molar-refractivity contribution in [2.24, 2.45) is 0 Å². The third kappa shape index (κ3) is 5.18. The summed E-state index contributed by atoms with van der Waals surface area (Å²) >= 11 is 0. The molecule has 0 atom stereocenters. The first-order valence-corrected chi connectivity index (χ1v) is 9.90. The average molecular weight is 384 g/mol. The van der Waals surface area contributed by atoms with E-state index in [4.69, 9.17) is 4.74 Å². The molecule has 0 saturated carbocycles. The molecule has 0 radical (unpaired) electrons. The monoisotopic (exact) mass is 384 g/mol. The lowest BCUT2D eigenvalue weighted by atomic mass is 10.2. The summed E-state index contributed by atoms with van der Waals surface area (Å²) in [6.07, 6.45) is 3.71. The third-order valence-corrected chi connectivity index (χ3v) is 5.95. The van der Waals surface area contributed by atoms with Gasteiger partial charge in [-0.05, 0) is 31.0 Å². The molecule has 1 aliphatic heterocycles. The number of amides is 1. The van der Waals surface area contributed by atoms with Crippen LogP contribution in [0.2, 0.25) is 0 Å². The lowest BCUT2D eigenvalue weighted by molar-refractivity contribution is -0.144. The maximum absolute atomic E-state index is 12.9. The molecule has 0 aromatic heterocycles. The molecule has 2 rings (SSSR count). The quantitative estimate of drug-likeness (QED) is 0.750. The minimum Gasteiger partial charge on any atom is -0.495 e. The number of esters is 1. The second-order valence-corrected chi connectivity index (χ2v) is 7.95. The number of rotatable bonds is 6. The number of ether oxygens (including phenoxy) is 2. The number of nitrogens with zero attached hydrogens (tertiary/aromatic N) is 1. The summed E-state index contributed by atoms with van der Waals surface area (Å²) in [5.41, 5.74) is 0.209. The summed E-state index contributed by atoms with van der Waals surface area (Å²) in [4.78, 5) is 22.8. The van der Waals surface area contributed by atoms with Crippen molar-refractivity contribution in [3.63, 3.8) is 0 Å². The van der Waals surface area contributed by atoms with Gasteiger partial charge < -0.3 is 14.8 Å². The van der Waals surface area contributed by atoms with E-state index >= 15 is 0 Å². The number of carbonyl (C=O) groups is 2. The van der Waals surface area contributed by atoms with Crippen LogP contribution in [0.3, 0.4) is 0 Å². The molecule has 0 spiro atoms. The lowest BCUT2D eigenvalue weighted by Crippen LogP contribution is -2.32. The van der Waals surface area contributed by atoms with Gasteiger partial charge in [-0.25, -0.2) is 8.42 Å². The molecular weight excluding hydrogens is 360 g/mol. The molecule has 26 heavy (non-hydrogen) atoms. The van der Waals surface area contributed by atoms with Crippen LogP contribution in [0.1, 0.15) is 32.6 Å². The number of carbonyl (C=O) groups excluding carboxylic acids is 2. The highest BCUT2D eigenvalue weighted by Gasteiger charge is 2.26. The summed E-state index contributed by atoms with van der Waals surface area (Å²) in [6, 6.07) is 4.32. The van der Waals surface area contributed by atoms with E-state index in [1.54, 1.807) is 0 Å². The zero-order valence-corrected chi connectivity index (χ0v) is 15.8. The maximum Gasteiger partial charge on any atom is 0.303 e. The molecule has 0 unspecified atom stereocenters. The number of sulfonamides is 1. The molecule has 8 nitrogen and oxygen atoms in total. The van der Waals surface area contributed by atoms with Gasteiger partial charge in [-0.3, -0.25) is 9.59 Å². The first-order valence-electron chi connectivity index (χ1n) is 8.46. The van der Waals surface area contributed by atoms with E-state index in [0.29, 0.717) is 18.8 Å². The van der Waals surface area contributed by atoms with Gasteiger partial charge in [0.1, 0.15) is 5.75 Å². The molecule has 1 fully saturated rings. The van der Waals surface area contributed by atoms with Crippen molar-refractivity contribution in [2.75, 3.05) is 32.1 Å². The zero-order valence-electron chi connectivity index (χ0n) is 15.0. The molecule has 1 amide bonds. The van der Waals surface area contributed by atoms with Crippen LogP contribution in [0.15, 0.2) is 23.1 Å². The number of benzene rings is 1. The predicted molar refractivity (Wildman–Crippen MR) is 95.5 cm³/mol. The van der Waals surface area contributed by atoms with Gasteiger partial charge in [-0.2, -0.15) is 4.31 Å². The fourth-order valence-electron chi connectivity index (χ4n) is 2.73. The van der Waals surface area contributed by atoms with Gasteiger partial charge in [0.2, 0.25) is 10.0 Å². The standard InChI is InChI=1S/C17H24N2O6S/c1-13(20)25-12-17(21)18-15-11-14(7-8-16(15)24-2)26(22,23)19-9-5-3-4-6-10-19/h7-8,11H,3-6,9-10,12H2,1-2H3,(H,18,21). The van der Waals surface area contributed by atoms with Crippen molar-refractivity contribution in [3.8, 4) is 5.75 Å². The number of anilines is 1. The van der Waals surface area contributed by atoms with Crippen LogP contribution >= 0.6 is 0 Å². The van der Waals surface area contributed by atoms with E-state index in [0.717, 1.165) is 25.7 Å². The molecule has 1 N–H and O–H groups in total. The first-order chi connectivity index (χ1) is 12.3. The number of hydrogen-bond acceptors (Lipinski definition) is 6. The molecule has 0 bridgehead atoms. The highest BCUT2D eigenvalue weighted by atomic mass is 32.2. The molecule has 1 aromatic carbocycles. The van der Waals surface area contributed by atoms with E-state index in [-0.39, 0.29) is 10.6 Å². The minimum absolute atomic E-state index is 0.0861. The van der Waals surface area contributed by atoms with Crippen molar-refractivity contribution >= 4 is 27.6 Å². The Morgan fingerprint density at radius 2 is 1.81 bits per heavy atom. The second-order valence-electron chi connectivity index (χ2n) is 6.01. The summed E-state index contributed by atoms with van der Waals surface area (Å²) in [6.45, 7) is 1.72. The second kappa shape index (κ2) is 9.00. The van der Waals surface area contributed by atoms with E-state index in [9.17, 15) is 18.0 Å². The molecule has 9 heteroatoms. The Bertz CT molecular complexity index is 755. The Hall–Kier alpha value is -2.13. The van der Waals surface area contributed by atoms with Crippen molar-refractivity contribution in [1.29, 1.82) is 0 Å². The van der Waals surface area contributed by atoms with Gasteiger partial charge in [0.25, 0.3) is 5.91 Å². The van der Waals surface area contributed by atoms with Crippen LogP contribution in [-0.2, 0) is 24.3 Å². The van der Waals surface area contributed by atoms with Gasteiger partial charge in [0.05, 0.1) is 17.7 Å². The topological polar surface area (TPSA) is 102 Å². The van der Waals surface area contributed by atoms with Gasteiger partial charge in [0.15, 0.2) is 6.61 Å². The summed E-state index contributed by atoms with van der Waals surface area (Å²) in [5, 5.41) is 2.52. The predicted octanol–water partition coefficient (Wildman–Crippen LogP) is 1.76. The molecule has 1 saturated heterocycles. The minimum atomic E-state index is -3.65. The van der Waals surface area contributed by atoms with Crippen molar-refractivity contribution < 1.29 is 27.5 Å². The van der Waals surface area contributed by atoms with E-state index in [1.807, 2.05) is 0 Å². The van der Waals surface area contributed by atoms with E-state index in [2.05, 4.69) is 10.1 Å². The highest BCUT2D eigenvalue weighted by molar-refractivity contribution is 7.89. The molecule has 1 aromatic rings. The average Bonchev–Trinajstić information content (AvgIpc) is 2.90. The Balaban J connectivity index is 2.24. The zero-order chi connectivity index (χ0) is 19.2. The normalized spacial score (nSPS) is 15.8. The van der Waals surface area contributed by atoms with Crippen LogP contribution in [-0.4, -0.2) is 51.4 Å². The van der Waals surface area contributed by atoms with Crippen LogP contribution in [0, 0.1) is 0 Å². The molecule has 144 valence electrons. The molecular formula is C17H24N2O6S. The molecule has 1 heterocycles. The fourth-order valence-corrected chi connectivity index (χ4v) is 4.27. The van der Waals surface area contributed by atoms with Gasteiger partial charge in [-0.15, -0.1) is 0 Å². The summed E-state index contributed by atoms with van der Waals surface area (Å²) in [7, 11) is -2.24. The largest absolute Gasteiger partial charge is 0.495 e. The number of methoxy groups -OCH3 is 1. The Labute approximate surface area is 153 Å². The van der Waals surface area contributed by atoms with Crippen LogP contribution < -0.4 is 10.1 Å². The van der Waals surface area contributed by atoms with Crippen molar-refractivity contribution in [1.82, 2.24) is 4.31 Å². The summed E-state index contributed by atoms with van der Waals surface area (Å²) in [5.74, 6) is -0.844. The Kier molecular flexibility index (Phi) is 6.98. The maximum atomic E-state index is 12.9. The van der Waals surface area contributed by atoms with Crippen LogP contribution in [0.25, 0.3) is 0 Å². The fraction of sp³-hybridized carbons (Fsp3) is 0.529. The third-order valence-electron chi connectivity index (χ3n) is 4.05. The molecule has 1 aliphatic rings. The number of nitrogens with one attached hydrogen (secondary N) is 1. The highest BCUT2D eigenvalue weighted by Crippen LogP contribution is 2.29. The lowest BCUT2D eigenvalue weighted by Gasteiger charge is -2.21. The van der Waals surface area contributed by atoms with Crippen molar-refractivity contribution in [3.05, 3.63) is 18.2 Å². The number of hydrogen-bond donors (Lipinski definition) is 1. The van der Waals surface area contributed by atoms with E-state index < -0.39 is 28.5 Å². The van der Waals surface area contributed by atoms with Gasteiger partial charge >= 0.3 is 5.97 Å². The SMILES string of the molecule is COc1ccc(S(=O)(=O)N2CCCCCC2)cc1NC(=O)COC(C)=O. The smallest absolute Gasteiger partial charge is 0.303 e. The van der Waals surface area contributed by atoms with Gasteiger partial charge in [-0.1, -0.05) is 12.8 Å². The summed E-state index contributed by atoms with van der Waals surface area (Å²) < 4.78 is 37.1. The van der Waals surface area contributed by atoms with E-state index in [1.165, 1.54) is 36.5 Å². The molecule has 0 aliphatic carbocycles. The van der Waals surface area contributed by atoms with Gasteiger partial charge in [0, 0.05) is 20.0 Å². The van der Waals surface area contributed by atoms with Crippen LogP contribution in [0.5, 0.6) is 5.75 Å². The Morgan fingerprint density at radius 1 is 1.15 bits per heavy atom.